The van der Waals surface area contributed by atoms with Gasteiger partial charge in [0, 0.05) is 37.5 Å². The molecule has 6 heteroatoms. The van der Waals surface area contributed by atoms with Crippen LogP contribution in [0.4, 0.5) is 11.4 Å². The number of carbonyl (C=O) groups excluding carboxylic acids is 1. The van der Waals surface area contributed by atoms with E-state index in [0.29, 0.717) is 17.8 Å². The van der Waals surface area contributed by atoms with E-state index < -0.39 is 4.92 Å². The van der Waals surface area contributed by atoms with Crippen molar-refractivity contribution in [2.75, 3.05) is 18.9 Å². The van der Waals surface area contributed by atoms with Crippen molar-refractivity contribution in [3.63, 3.8) is 0 Å². The van der Waals surface area contributed by atoms with Crippen LogP contribution < -0.4 is 5.32 Å². The molecule has 0 aliphatic heterocycles. The molecule has 0 saturated carbocycles. The Morgan fingerprint density at radius 2 is 2.10 bits per heavy atom. The fourth-order valence-corrected chi connectivity index (χ4v) is 2.17. The van der Waals surface area contributed by atoms with Gasteiger partial charge >= 0.3 is 0 Å². The summed E-state index contributed by atoms with van der Waals surface area (Å²) < 4.78 is 0. The Balaban J connectivity index is 3.15. The van der Waals surface area contributed by atoms with Gasteiger partial charge in [-0.2, -0.15) is 0 Å². The van der Waals surface area contributed by atoms with Crippen LogP contribution in [-0.4, -0.2) is 35.4 Å². The Hall–Kier alpha value is -2.11. The third-order valence-corrected chi connectivity index (χ3v) is 3.50. The van der Waals surface area contributed by atoms with Gasteiger partial charge in [-0.3, -0.25) is 14.9 Å². The van der Waals surface area contributed by atoms with Gasteiger partial charge in [-0.1, -0.05) is 13.3 Å². The molecular weight excluding hydrogens is 270 g/mol. The highest BCUT2D eigenvalue weighted by Gasteiger charge is 2.22. The summed E-state index contributed by atoms with van der Waals surface area (Å²) in [7, 11) is 1.73. The van der Waals surface area contributed by atoms with Gasteiger partial charge in [0.05, 0.1) is 10.5 Å². The van der Waals surface area contributed by atoms with E-state index in [2.05, 4.69) is 12.2 Å². The van der Waals surface area contributed by atoms with Crippen molar-refractivity contribution >= 4 is 17.3 Å². The van der Waals surface area contributed by atoms with Crippen LogP contribution in [0.2, 0.25) is 0 Å². The summed E-state index contributed by atoms with van der Waals surface area (Å²) in [5, 5.41) is 14.0. The predicted octanol–water partition coefficient (Wildman–Crippen LogP) is 3.29. The largest absolute Gasteiger partial charge is 0.385 e. The van der Waals surface area contributed by atoms with Crippen molar-refractivity contribution in [2.24, 2.45) is 0 Å². The molecular formula is C15H23N3O3. The van der Waals surface area contributed by atoms with Crippen molar-refractivity contribution in [3.8, 4) is 0 Å². The fourth-order valence-electron chi connectivity index (χ4n) is 2.17. The first-order valence-corrected chi connectivity index (χ1v) is 7.21. The van der Waals surface area contributed by atoms with E-state index in [1.54, 1.807) is 18.0 Å². The number of nitrogens with zero attached hydrogens (tertiary/aromatic N) is 2. The molecule has 1 N–H and O–H groups in total. The van der Waals surface area contributed by atoms with Crippen LogP contribution in [0.25, 0.3) is 0 Å². The third kappa shape index (κ3) is 4.18. The van der Waals surface area contributed by atoms with Crippen molar-refractivity contribution in [3.05, 3.63) is 33.9 Å². The zero-order valence-electron chi connectivity index (χ0n) is 13.0. The molecule has 0 spiro atoms. The number of nitro benzene ring substituents is 1. The molecule has 0 aliphatic rings. The van der Waals surface area contributed by atoms with Crippen LogP contribution in [0.3, 0.4) is 0 Å². The number of anilines is 1. The van der Waals surface area contributed by atoms with Crippen LogP contribution in [0.15, 0.2) is 18.2 Å². The Kier molecular flexibility index (Phi) is 6.14. The molecule has 116 valence electrons. The van der Waals surface area contributed by atoms with Crippen molar-refractivity contribution in [1.29, 1.82) is 0 Å². The molecule has 1 aromatic carbocycles. The lowest BCUT2D eigenvalue weighted by atomic mass is 10.1. The summed E-state index contributed by atoms with van der Waals surface area (Å²) >= 11 is 0. The van der Waals surface area contributed by atoms with Crippen LogP contribution in [0.5, 0.6) is 0 Å². The first kappa shape index (κ1) is 16.9. The quantitative estimate of drug-likeness (QED) is 0.618. The molecule has 0 fully saturated rings. The second kappa shape index (κ2) is 7.61. The van der Waals surface area contributed by atoms with Gasteiger partial charge in [0.2, 0.25) is 0 Å². The maximum absolute atomic E-state index is 12.6. The molecule has 21 heavy (non-hydrogen) atoms. The van der Waals surface area contributed by atoms with E-state index in [1.807, 2.05) is 13.8 Å². The number of amides is 1. The third-order valence-electron chi connectivity index (χ3n) is 3.50. The molecule has 1 atom stereocenters. The van der Waals surface area contributed by atoms with Crippen LogP contribution in [0, 0.1) is 10.1 Å². The molecule has 0 aliphatic carbocycles. The number of carbonyl (C=O) groups is 1. The molecule has 0 aromatic heterocycles. The highest BCUT2D eigenvalue weighted by molar-refractivity contribution is 6.00. The van der Waals surface area contributed by atoms with Gasteiger partial charge in [-0.15, -0.1) is 0 Å². The van der Waals surface area contributed by atoms with Gasteiger partial charge in [0.1, 0.15) is 0 Å². The van der Waals surface area contributed by atoms with E-state index in [1.165, 1.54) is 12.1 Å². The Labute approximate surface area is 125 Å². The van der Waals surface area contributed by atoms with Crippen LogP contribution in [0.1, 0.15) is 44.0 Å². The zero-order valence-corrected chi connectivity index (χ0v) is 13.0. The average Bonchev–Trinajstić information content (AvgIpc) is 2.46. The number of hydrogen-bond acceptors (Lipinski definition) is 4. The molecule has 6 nitrogen and oxygen atoms in total. The van der Waals surface area contributed by atoms with Crippen molar-refractivity contribution in [1.82, 2.24) is 4.90 Å². The minimum atomic E-state index is -0.484. The van der Waals surface area contributed by atoms with E-state index >= 15 is 0 Å². The maximum Gasteiger partial charge on any atom is 0.270 e. The summed E-state index contributed by atoms with van der Waals surface area (Å²) in [6.07, 6.45) is 1.88. The fraction of sp³-hybridized carbons (Fsp3) is 0.533. The number of nitro groups is 1. The lowest BCUT2D eigenvalue weighted by Gasteiger charge is -2.25. The molecule has 1 amide bonds. The minimum Gasteiger partial charge on any atom is -0.385 e. The van der Waals surface area contributed by atoms with Gasteiger partial charge in [-0.05, 0) is 26.3 Å². The normalized spacial score (nSPS) is 11.8. The second-order valence-electron chi connectivity index (χ2n) is 5.07. The Morgan fingerprint density at radius 3 is 2.62 bits per heavy atom. The zero-order chi connectivity index (χ0) is 16.0. The smallest absolute Gasteiger partial charge is 0.270 e. The lowest BCUT2D eigenvalue weighted by molar-refractivity contribution is -0.384. The van der Waals surface area contributed by atoms with Gasteiger partial charge in [-0.25, -0.2) is 0 Å². The summed E-state index contributed by atoms with van der Waals surface area (Å²) in [6.45, 7) is 6.60. The molecule has 1 unspecified atom stereocenters. The summed E-state index contributed by atoms with van der Waals surface area (Å²) in [5.41, 5.74) is 0.900. The number of benzene rings is 1. The molecule has 1 rings (SSSR count). The maximum atomic E-state index is 12.6. The van der Waals surface area contributed by atoms with E-state index in [-0.39, 0.29) is 17.6 Å². The molecule has 0 heterocycles. The second-order valence-corrected chi connectivity index (χ2v) is 5.07. The highest BCUT2D eigenvalue weighted by atomic mass is 16.6. The van der Waals surface area contributed by atoms with E-state index in [0.717, 1.165) is 12.8 Å². The van der Waals surface area contributed by atoms with Gasteiger partial charge < -0.3 is 10.2 Å². The van der Waals surface area contributed by atoms with Crippen molar-refractivity contribution < 1.29 is 9.72 Å². The highest BCUT2D eigenvalue weighted by Crippen LogP contribution is 2.24. The average molecular weight is 293 g/mol. The van der Waals surface area contributed by atoms with Gasteiger partial charge in [0.15, 0.2) is 0 Å². The number of non-ortho nitro benzene ring substituents is 1. The predicted molar refractivity (Wildman–Crippen MR) is 83.7 cm³/mol. The topological polar surface area (TPSA) is 75.5 Å². The van der Waals surface area contributed by atoms with Gasteiger partial charge in [0.25, 0.3) is 11.6 Å². The number of rotatable bonds is 7. The number of hydrogen-bond donors (Lipinski definition) is 1. The summed E-state index contributed by atoms with van der Waals surface area (Å²) in [4.78, 5) is 24.7. The van der Waals surface area contributed by atoms with E-state index in [4.69, 9.17) is 0 Å². The summed E-state index contributed by atoms with van der Waals surface area (Å²) in [6, 6.07) is 4.43. The molecule has 0 saturated heterocycles. The lowest BCUT2D eigenvalue weighted by Crippen LogP contribution is -2.35. The minimum absolute atomic E-state index is 0.0726. The molecule has 0 radical (unpaired) electrons. The Morgan fingerprint density at radius 1 is 1.43 bits per heavy atom. The standard InChI is InChI=1S/C15H23N3O3/c1-5-7-11(3)17(4)15(19)13-10-12(18(20)21)8-9-14(13)16-6-2/h8-11,16H,5-7H2,1-4H3. The summed E-state index contributed by atoms with van der Waals surface area (Å²) in [5.74, 6) is -0.199. The first-order chi connectivity index (χ1) is 9.92. The van der Waals surface area contributed by atoms with Crippen LogP contribution in [-0.2, 0) is 0 Å². The first-order valence-electron chi connectivity index (χ1n) is 7.21. The van der Waals surface area contributed by atoms with E-state index in [9.17, 15) is 14.9 Å². The molecule has 0 bridgehead atoms. The monoisotopic (exact) mass is 293 g/mol. The SMILES string of the molecule is CCCC(C)N(C)C(=O)c1cc([N+](=O)[O-])ccc1NCC. The Bertz CT molecular complexity index is 517. The van der Waals surface area contributed by atoms with Crippen LogP contribution >= 0.6 is 0 Å². The molecule has 1 aromatic rings. The number of nitrogens with one attached hydrogen (secondary N) is 1. The van der Waals surface area contributed by atoms with Crippen molar-refractivity contribution in [2.45, 2.75) is 39.7 Å².